The summed E-state index contributed by atoms with van der Waals surface area (Å²) in [6.45, 7) is 4.84. The molecule has 1 atom stereocenters. The Morgan fingerprint density at radius 3 is 2.66 bits per heavy atom. The van der Waals surface area contributed by atoms with E-state index in [0.29, 0.717) is 28.0 Å². The van der Waals surface area contributed by atoms with Gasteiger partial charge in [-0.3, -0.25) is 19.1 Å². The molecule has 0 spiro atoms. The minimum absolute atomic E-state index is 0.0569. The lowest BCUT2D eigenvalue weighted by atomic mass is 9.92. The largest absolute Gasteiger partial charge is 0.386 e. The van der Waals surface area contributed by atoms with Crippen molar-refractivity contribution in [1.82, 2.24) is 15.2 Å². The molecule has 0 bridgehead atoms. The van der Waals surface area contributed by atoms with Gasteiger partial charge in [-0.15, -0.1) is 5.10 Å². The van der Waals surface area contributed by atoms with Crippen molar-refractivity contribution >= 4 is 38.8 Å². The van der Waals surface area contributed by atoms with Gasteiger partial charge in [-0.1, -0.05) is 0 Å². The normalized spacial score (nSPS) is 22.6. The Labute approximate surface area is 185 Å². The highest BCUT2D eigenvalue weighted by molar-refractivity contribution is 8.26. The van der Waals surface area contributed by atoms with Gasteiger partial charge >= 0.3 is 0 Å². The van der Waals surface area contributed by atoms with Crippen LogP contribution in [0.5, 0.6) is 0 Å². The molecule has 4 rings (SSSR count). The molecule has 11 heteroatoms. The number of halogens is 1. The van der Waals surface area contributed by atoms with Gasteiger partial charge in [0, 0.05) is 22.8 Å². The molecule has 0 amide bonds. The highest BCUT2D eigenvalue weighted by Crippen LogP contribution is 2.59. The van der Waals surface area contributed by atoms with E-state index in [1.165, 1.54) is 30.6 Å². The van der Waals surface area contributed by atoms with Crippen molar-refractivity contribution in [1.29, 1.82) is 5.26 Å². The van der Waals surface area contributed by atoms with Crippen LogP contribution < -0.4 is 11.1 Å². The number of hydrogen-bond acceptors (Lipinski definition) is 9. The van der Waals surface area contributed by atoms with Gasteiger partial charge in [-0.2, -0.15) is 21.0 Å². The Bertz CT molecular complexity index is 1310. The number of nitrogens with one attached hydrogen (secondary N) is 1. The first kappa shape index (κ1) is 21.9. The summed E-state index contributed by atoms with van der Waals surface area (Å²) in [5, 5.41) is 20.8. The minimum Gasteiger partial charge on any atom is -0.386 e. The molecule has 3 aromatic rings. The Balaban J connectivity index is 1.76. The zero-order valence-corrected chi connectivity index (χ0v) is 18.5. The molecule has 5 N–H and O–H groups in total. The fraction of sp³-hybridized carbons (Fsp3) is 0.286. The van der Waals surface area contributed by atoms with Crippen molar-refractivity contribution in [2.45, 2.75) is 31.1 Å². The maximum Gasteiger partial charge on any atom is 0.179 e. The van der Waals surface area contributed by atoms with Crippen LogP contribution in [0.2, 0.25) is 0 Å². The smallest absolute Gasteiger partial charge is 0.179 e. The fourth-order valence-electron chi connectivity index (χ4n) is 3.58. The number of pyridine rings is 1. The highest BCUT2D eigenvalue weighted by Gasteiger charge is 2.49. The average Bonchev–Trinajstić information content (AvgIpc) is 2.73. The minimum atomic E-state index is -3.19. The Kier molecular flexibility index (Phi) is 5.04. The molecule has 0 saturated heterocycles. The first-order valence-electron chi connectivity index (χ1n) is 9.67. The molecule has 1 aliphatic heterocycles. The third kappa shape index (κ3) is 3.52. The van der Waals surface area contributed by atoms with Crippen LogP contribution in [-0.2, 0) is 5.54 Å². The summed E-state index contributed by atoms with van der Waals surface area (Å²) < 4.78 is 35.2. The summed E-state index contributed by atoms with van der Waals surface area (Å²) in [5.41, 5.74) is 6.31. The maximum atomic E-state index is 14.9. The molecule has 32 heavy (non-hydrogen) atoms. The van der Waals surface area contributed by atoms with E-state index in [9.17, 15) is 13.5 Å². The van der Waals surface area contributed by atoms with Crippen LogP contribution in [0.15, 0.2) is 41.7 Å². The van der Waals surface area contributed by atoms with Gasteiger partial charge in [-0.25, -0.2) is 4.39 Å². The second kappa shape index (κ2) is 7.37. The third-order valence-corrected chi connectivity index (χ3v) is 8.53. The highest BCUT2D eigenvalue weighted by atomic mass is 32.3. The summed E-state index contributed by atoms with van der Waals surface area (Å²) in [6, 6.07) is 7.98. The fourth-order valence-corrected chi connectivity index (χ4v) is 5.33. The number of nitrogens with zero attached hydrogens (tertiary/aromatic N) is 5. The van der Waals surface area contributed by atoms with Gasteiger partial charge in [0.1, 0.15) is 33.5 Å². The van der Waals surface area contributed by atoms with Crippen LogP contribution in [0.3, 0.4) is 0 Å². The predicted molar refractivity (Wildman–Crippen MR) is 122 cm³/mol. The van der Waals surface area contributed by atoms with E-state index >= 15 is 0 Å². The van der Waals surface area contributed by atoms with Crippen molar-refractivity contribution in [3.8, 4) is 6.07 Å². The molecule has 166 valence electrons. The molecule has 0 fully saturated rings. The van der Waals surface area contributed by atoms with E-state index in [-0.39, 0.29) is 17.2 Å². The lowest BCUT2D eigenvalue weighted by Crippen LogP contribution is -2.52. The molecule has 0 saturated carbocycles. The number of fused-ring (bicyclic) bond motifs is 1. The van der Waals surface area contributed by atoms with E-state index in [1.807, 2.05) is 6.07 Å². The summed E-state index contributed by atoms with van der Waals surface area (Å²) in [4.78, 5) is 8.74. The quantitative estimate of drug-likeness (QED) is 0.464. The lowest BCUT2D eigenvalue weighted by molar-refractivity contribution is 0.417. The van der Waals surface area contributed by atoms with Crippen LogP contribution in [0.1, 0.15) is 31.9 Å². The van der Waals surface area contributed by atoms with Crippen molar-refractivity contribution in [3.05, 3.63) is 53.6 Å². The molecule has 0 radical (unpaired) electrons. The van der Waals surface area contributed by atoms with Crippen LogP contribution >= 0.6 is 10.6 Å². The number of nitriles is 1. The van der Waals surface area contributed by atoms with Crippen LogP contribution in [0.25, 0.3) is 10.9 Å². The number of benzene rings is 1. The van der Waals surface area contributed by atoms with E-state index in [2.05, 4.69) is 25.5 Å². The van der Waals surface area contributed by atoms with Crippen LogP contribution in [0.4, 0.5) is 15.9 Å². The van der Waals surface area contributed by atoms with E-state index in [4.69, 9.17) is 11.0 Å². The van der Waals surface area contributed by atoms with Crippen molar-refractivity contribution in [2.75, 3.05) is 11.1 Å². The maximum absolute atomic E-state index is 14.9. The molecule has 1 unspecified atom stereocenters. The van der Waals surface area contributed by atoms with Crippen molar-refractivity contribution < 1.29 is 13.5 Å². The topological polar surface area (TPSA) is 153 Å². The van der Waals surface area contributed by atoms with Gasteiger partial charge < -0.3 is 11.1 Å². The van der Waals surface area contributed by atoms with Gasteiger partial charge in [0.25, 0.3) is 0 Å². The monoisotopic (exact) mass is 455 g/mol. The SMILES string of the molecule is CC1(c2cc(Nc3nncc4cc(C#N)cnc34)ccc2F)CS(O)(O)C(C)(C)C(N)=N1. The molecule has 1 aromatic carbocycles. The second-order valence-corrected chi connectivity index (χ2v) is 11.0. The van der Waals surface area contributed by atoms with Crippen LogP contribution in [0, 0.1) is 17.1 Å². The van der Waals surface area contributed by atoms with Gasteiger partial charge in [0.15, 0.2) is 5.82 Å². The zero-order valence-electron chi connectivity index (χ0n) is 17.7. The Morgan fingerprint density at radius 2 is 1.97 bits per heavy atom. The van der Waals surface area contributed by atoms with E-state index in [0.717, 1.165) is 0 Å². The van der Waals surface area contributed by atoms with E-state index in [1.54, 1.807) is 26.8 Å². The number of anilines is 2. The number of aliphatic imine (C=N–C) groups is 1. The van der Waals surface area contributed by atoms with Gasteiger partial charge in [0.05, 0.1) is 17.5 Å². The standard InChI is InChI=1S/C21H22FN7O2S/c1-20(2)19(24)28-21(3,11-32(20,30)31)15-7-14(4-5-16(15)22)27-18-17-13(10-26-29-18)6-12(8-23)9-25-17/h4-7,9-10,30-31H,11H2,1-3H3,(H2,24,28)(H,27,29). The summed E-state index contributed by atoms with van der Waals surface area (Å²) in [5.74, 6) is -0.334. The first-order chi connectivity index (χ1) is 15.0. The number of rotatable bonds is 3. The molecule has 0 aliphatic carbocycles. The second-order valence-electron chi connectivity index (χ2n) is 8.38. The summed E-state index contributed by atoms with van der Waals surface area (Å²) >= 11 is 0. The van der Waals surface area contributed by atoms with Gasteiger partial charge in [0.2, 0.25) is 0 Å². The Hall–Kier alpha value is -3.33. The molecule has 1 aliphatic rings. The zero-order chi connectivity index (χ0) is 23.3. The number of amidine groups is 1. The average molecular weight is 456 g/mol. The van der Waals surface area contributed by atoms with E-state index < -0.39 is 26.7 Å². The van der Waals surface area contributed by atoms with Crippen LogP contribution in [-0.4, -0.2) is 40.6 Å². The molecular weight excluding hydrogens is 433 g/mol. The number of aromatic nitrogens is 3. The number of hydrogen-bond donors (Lipinski definition) is 4. The first-order valence-corrected chi connectivity index (χ1v) is 11.4. The number of nitrogens with two attached hydrogens (primary N) is 1. The lowest BCUT2D eigenvalue weighted by Gasteiger charge is -2.53. The van der Waals surface area contributed by atoms with Crippen molar-refractivity contribution in [3.63, 3.8) is 0 Å². The predicted octanol–water partition coefficient (Wildman–Crippen LogP) is 3.89. The van der Waals surface area contributed by atoms with Gasteiger partial charge in [-0.05, 0) is 45.0 Å². The summed E-state index contributed by atoms with van der Waals surface area (Å²) in [7, 11) is -3.19. The Morgan fingerprint density at radius 1 is 1.22 bits per heavy atom. The summed E-state index contributed by atoms with van der Waals surface area (Å²) in [6.07, 6.45) is 2.93. The molecule has 3 heterocycles. The third-order valence-electron chi connectivity index (χ3n) is 5.72. The molecule has 9 nitrogen and oxygen atoms in total. The van der Waals surface area contributed by atoms with Crippen molar-refractivity contribution in [2.24, 2.45) is 10.7 Å². The molecular formula is C21H22FN7O2S. The molecule has 2 aromatic heterocycles.